The molecule has 0 aliphatic carbocycles. The third kappa shape index (κ3) is 4.24. The maximum absolute atomic E-state index is 14.4. The molecule has 0 radical (unpaired) electrons. The molecule has 10 heteroatoms. The zero-order chi connectivity index (χ0) is 26.2. The Morgan fingerprint density at radius 1 is 1.17 bits per heavy atom. The highest BCUT2D eigenvalue weighted by molar-refractivity contribution is 5.88. The topological polar surface area (TPSA) is 80.2 Å². The van der Waals surface area contributed by atoms with Crippen molar-refractivity contribution in [2.24, 2.45) is 16.3 Å². The lowest BCUT2D eigenvalue weighted by molar-refractivity contribution is -0.271. The van der Waals surface area contributed by atoms with Crippen molar-refractivity contribution in [2.45, 2.75) is 50.0 Å². The fraction of sp³-hybridized carbons (Fsp3) is 0.577. The van der Waals surface area contributed by atoms with E-state index in [0.717, 1.165) is 12.7 Å². The van der Waals surface area contributed by atoms with Crippen LogP contribution in [0, 0.1) is 11.3 Å². The predicted octanol–water partition coefficient (Wildman–Crippen LogP) is 3.60. The van der Waals surface area contributed by atoms with E-state index in [2.05, 4.69) is 10.3 Å². The molecule has 36 heavy (non-hydrogen) atoms. The van der Waals surface area contributed by atoms with Crippen molar-refractivity contribution in [3.63, 3.8) is 0 Å². The van der Waals surface area contributed by atoms with Gasteiger partial charge in [-0.3, -0.25) is 14.6 Å². The first-order chi connectivity index (χ1) is 17.0. The Morgan fingerprint density at radius 3 is 2.42 bits per heavy atom. The molecule has 3 atom stereocenters. The summed E-state index contributed by atoms with van der Waals surface area (Å²) in [6.07, 6.45) is 0.173. The molecule has 2 saturated heterocycles. The number of benzene rings is 1. The highest BCUT2D eigenvalue weighted by Crippen LogP contribution is 2.51. The highest BCUT2D eigenvalue weighted by Gasteiger charge is 2.64. The Bertz CT molecular complexity index is 1050. The highest BCUT2D eigenvalue weighted by atomic mass is 19.4. The zero-order valence-electron chi connectivity index (χ0n) is 20.7. The number of aliphatic imine (C=N–C) groups is 1. The number of hydrogen-bond acceptors (Lipinski definition) is 5. The van der Waals surface area contributed by atoms with Crippen molar-refractivity contribution in [1.82, 2.24) is 10.2 Å². The van der Waals surface area contributed by atoms with E-state index < -0.39 is 28.7 Å². The minimum atomic E-state index is -4.96. The SMILES string of the molecule is COC1(C)CC=NC=C1C1CNC(=O)CC12CCN(C(=O)[C@](OC)(c1ccccc1)C(F)(F)F)CC2. The average molecular weight is 508 g/mol. The van der Waals surface area contributed by atoms with Gasteiger partial charge in [-0.05, 0) is 30.8 Å². The summed E-state index contributed by atoms with van der Waals surface area (Å²) in [4.78, 5) is 31.6. The molecule has 2 fully saturated rings. The minimum Gasteiger partial charge on any atom is -0.374 e. The van der Waals surface area contributed by atoms with Crippen LogP contribution in [0.25, 0.3) is 0 Å². The van der Waals surface area contributed by atoms with E-state index in [1.807, 2.05) is 6.92 Å². The van der Waals surface area contributed by atoms with Crippen molar-refractivity contribution in [3.05, 3.63) is 47.7 Å². The van der Waals surface area contributed by atoms with Gasteiger partial charge in [0.15, 0.2) is 0 Å². The third-order valence-corrected chi connectivity index (χ3v) is 8.22. The van der Waals surface area contributed by atoms with E-state index in [1.165, 1.54) is 29.2 Å². The summed E-state index contributed by atoms with van der Waals surface area (Å²) in [6.45, 7) is 2.53. The monoisotopic (exact) mass is 507 g/mol. The summed E-state index contributed by atoms with van der Waals surface area (Å²) in [5.74, 6) is -1.35. The Hall–Kier alpha value is -2.72. The van der Waals surface area contributed by atoms with Crippen LogP contribution in [0.4, 0.5) is 13.2 Å². The van der Waals surface area contributed by atoms with E-state index in [4.69, 9.17) is 9.47 Å². The van der Waals surface area contributed by atoms with Crippen molar-refractivity contribution in [1.29, 1.82) is 0 Å². The molecule has 0 aromatic heterocycles. The lowest BCUT2D eigenvalue weighted by atomic mass is 9.60. The van der Waals surface area contributed by atoms with Gasteiger partial charge in [0.25, 0.3) is 11.5 Å². The second-order valence-electron chi connectivity index (χ2n) is 9.99. The number of piperidine rings is 2. The van der Waals surface area contributed by atoms with Gasteiger partial charge in [0, 0.05) is 70.6 Å². The lowest BCUT2D eigenvalue weighted by Gasteiger charge is -2.52. The lowest BCUT2D eigenvalue weighted by Crippen LogP contribution is -2.61. The Labute approximate surface area is 208 Å². The van der Waals surface area contributed by atoms with E-state index in [9.17, 15) is 22.8 Å². The van der Waals surface area contributed by atoms with E-state index in [1.54, 1.807) is 25.6 Å². The van der Waals surface area contributed by atoms with Gasteiger partial charge >= 0.3 is 6.18 Å². The standard InChI is InChI=1S/C26H32F3N3O4/c1-23(35-2)9-12-30-16-19(23)20-17-31-21(33)15-24(20)10-13-32(14-11-24)22(34)25(36-3,26(27,28)29)18-7-5-4-6-8-18/h4-8,12,16,20H,9-11,13-15,17H2,1-3H3,(H,31,33)/t20?,23?,25-/m1/s1. The quantitative estimate of drug-likeness (QED) is 0.661. The molecule has 1 spiro atoms. The normalized spacial score (nSPS) is 27.8. The summed E-state index contributed by atoms with van der Waals surface area (Å²) >= 11 is 0. The Morgan fingerprint density at radius 2 is 1.83 bits per heavy atom. The number of methoxy groups -OCH3 is 2. The first kappa shape index (κ1) is 26.3. The van der Waals surface area contributed by atoms with Gasteiger partial charge in [0.1, 0.15) is 0 Å². The van der Waals surface area contributed by atoms with Gasteiger partial charge in [-0.15, -0.1) is 0 Å². The molecule has 2 unspecified atom stereocenters. The van der Waals surface area contributed by atoms with Crippen LogP contribution < -0.4 is 5.32 Å². The average Bonchev–Trinajstić information content (AvgIpc) is 2.86. The number of alkyl halides is 3. The molecule has 3 aliphatic heterocycles. The first-order valence-corrected chi connectivity index (χ1v) is 12.0. The molecule has 2 amide bonds. The summed E-state index contributed by atoms with van der Waals surface area (Å²) in [5.41, 5.74) is -3.52. The summed E-state index contributed by atoms with van der Waals surface area (Å²) in [7, 11) is 2.54. The van der Waals surface area contributed by atoms with E-state index >= 15 is 0 Å². The Kier molecular flexibility index (Phi) is 7.04. The van der Waals surface area contributed by atoms with Gasteiger partial charge in [-0.1, -0.05) is 30.3 Å². The van der Waals surface area contributed by atoms with Gasteiger partial charge < -0.3 is 19.7 Å². The fourth-order valence-electron chi connectivity index (χ4n) is 5.96. The van der Waals surface area contributed by atoms with Crippen LogP contribution in [0.15, 0.2) is 47.1 Å². The number of amides is 2. The molecule has 0 bridgehead atoms. The summed E-state index contributed by atoms with van der Waals surface area (Å²) < 4.78 is 54.1. The largest absolute Gasteiger partial charge is 0.430 e. The maximum atomic E-state index is 14.4. The molecule has 7 nitrogen and oxygen atoms in total. The van der Waals surface area contributed by atoms with Crippen LogP contribution in [0.5, 0.6) is 0 Å². The number of rotatable bonds is 5. The Balaban J connectivity index is 1.63. The molecular weight excluding hydrogens is 475 g/mol. The van der Waals surface area contributed by atoms with Crippen molar-refractivity contribution < 1.29 is 32.2 Å². The number of hydrogen-bond donors (Lipinski definition) is 1. The molecule has 1 N–H and O–H groups in total. The van der Waals surface area contributed by atoms with Crippen molar-refractivity contribution >= 4 is 18.0 Å². The number of carbonyl (C=O) groups excluding carboxylic acids is 2. The molecule has 1 aromatic rings. The van der Waals surface area contributed by atoms with Crippen LogP contribution in [0.2, 0.25) is 0 Å². The smallest absolute Gasteiger partial charge is 0.374 e. The summed E-state index contributed by atoms with van der Waals surface area (Å²) in [6, 6.07) is 6.99. The minimum absolute atomic E-state index is 0.0802. The van der Waals surface area contributed by atoms with Gasteiger partial charge in [-0.25, -0.2) is 0 Å². The van der Waals surface area contributed by atoms with Crippen molar-refractivity contribution in [3.8, 4) is 0 Å². The van der Waals surface area contributed by atoms with Crippen LogP contribution in [0.1, 0.15) is 38.2 Å². The molecule has 0 saturated carbocycles. The van der Waals surface area contributed by atoms with Crippen LogP contribution in [-0.2, 0) is 24.7 Å². The number of halogens is 3. The molecule has 196 valence electrons. The van der Waals surface area contributed by atoms with Crippen molar-refractivity contribution in [2.75, 3.05) is 33.9 Å². The van der Waals surface area contributed by atoms with Gasteiger partial charge in [0.2, 0.25) is 5.91 Å². The second-order valence-corrected chi connectivity index (χ2v) is 9.99. The number of likely N-dealkylation sites (tertiary alicyclic amines) is 1. The first-order valence-electron chi connectivity index (χ1n) is 12.0. The molecule has 1 aromatic carbocycles. The zero-order valence-corrected chi connectivity index (χ0v) is 20.7. The van der Waals surface area contributed by atoms with E-state index in [0.29, 0.717) is 25.8 Å². The maximum Gasteiger partial charge on any atom is 0.430 e. The number of ether oxygens (including phenoxy) is 2. The molecular formula is C26H32F3N3O4. The van der Waals surface area contributed by atoms with Gasteiger partial charge in [0.05, 0.1) is 5.60 Å². The van der Waals surface area contributed by atoms with Gasteiger partial charge in [-0.2, -0.15) is 13.2 Å². The predicted molar refractivity (Wildman–Crippen MR) is 127 cm³/mol. The third-order valence-electron chi connectivity index (χ3n) is 8.22. The number of nitrogens with one attached hydrogen (secondary N) is 1. The van der Waals surface area contributed by atoms with E-state index in [-0.39, 0.29) is 36.9 Å². The molecule has 4 rings (SSSR count). The van der Waals surface area contributed by atoms with Crippen LogP contribution >= 0.6 is 0 Å². The second kappa shape index (κ2) is 9.63. The number of nitrogens with zero attached hydrogens (tertiary/aromatic N) is 2. The molecule has 3 aliphatic rings. The van der Waals surface area contributed by atoms with Crippen LogP contribution in [0.3, 0.4) is 0 Å². The summed E-state index contributed by atoms with van der Waals surface area (Å²) in [5, 5.41) is 2.94. The van der Waals surface area contributed by atoms with Crippen LogP contribution in [-0.4, -0.2) is 68.6 Å². The molecule has 3 heterocycles. The fourth-order valence-corrected chi connectivity index (χ4v) is 5.96. The number of carbonyl (C=O) groups is 2.